The number of halogens is 3. The van der Waals surface area contributed by atoms with Crippen LogP contribution in [0, 0.1) is 5.82 Å². The number of ether oxygens (including phenoxy) is 3. The van der Waals surface area contributed by atoms with Crippen molar-refractivity contribution in [1.82, 2.24) is 0 Å². The fourth-order valence-corrected chi connectivity index (χ4v) is 1.85. The van der Waals surface area contributed by atoms with Crippen LogP contribution in [0.2, 0.25) is 0 Å². The molecule has 0 saturated heterocycles. The number of esters is 1. The summed E-state index contributed by atoms with van der Waals surface area (Å²) in [4.78, 5) is 11.8. The molecule has 0 spiro atoms. The maximum Gasteiger partial charge on any atom is 0.387 e. The highest BCUT2D eigenvalue weighted by molar-refractivity contribution is 5.89. The molecule has 0 atom stereocenters. The lowest BCUT2D eigenvalue weighted by atomic mass is 10.2. The molecule has 0 N–H and O–H groups in total. The van der Waals surface area contributed by atoms with Gasteiger partial charge in [-0.2, -0.15) is 8.78 Å². The standard InChI is InChI=1S/C16H13F3O4/c1-21-14-8-10(6-7-13(14)23-16(18)19)9-22-15(20)11-4-2-3-5-12(11)17/h2-8,16H,9H2,1H3. The van der Waals surface area contributed by atoms with Crippen LogP contribution in [0.5, 0.6) is 11.5 Å². The van der Waals surface area contributed by atoms with Crippen LogP contribution in [0.4, 0.5) is 13.2 Å². The molecule has 0 aliphatic rings. The Morgan fingerprint density at radius 1 is 1.13 bits per heavy atom. The first kappa shape index (κ1) is 16.7. The Hall–Kier alpha value is -2.70. The molecule has 2 aromatic rings. The van der Waals surface area contributed by atoms with Gasteiger partial charge in [-0.15, -0.1) is 0 Å². The van der Waals surface area contributed by atoms with Gasteiger partial charge < -0.3 is 14.2 Å². The summed E-state index contributed by atoms with van der Waals surface area (Å²) in [7, 11) is 1.29. The van der Waals surface area contributed by atoms with Crippen LogP contribution >= 0.6 is 0 Å². The highest BCUT2D eigenvalue weighted by atomic mass is 19.3. The molecule has 2 aromatic carbocycles. The molecule has 23 heavy (non-hydrogen) atoms. The fraction of sp³-hybridized carbons (Fsp3) is 0.188. The first-order chi connectivity index (χ1) is 11.0. The van der Waals surface area contributed by atoms with E-state index in [0.29, 0.717) is 5.56 Å². The van der Waals surface area contributed by atoms with Crippen LogP contribution in [0.15, 0.2) is 42.5 Å². The maximum atomic E-state index is 13.5. The normalized spacial score (nSPS) is 10.5. The monoisotopic (exact) mass is 326 g/mol. The predicted octanol–water partition coefficient (Wildman–Crippen LogP) is 3.79. The molecule has 4 nitrogen and oxygen atoms in total. The fourth-order valence-electron chi connectivity index (χ4n) is 1.85. The smallest absolute Gasteiger partial charge is 0.387 e. The van der Waals surface area contributed by atoms with Crippen molar-refractivity contribution in [3.05, 3.63) is 59.4 Å². The Balaban J connectivity index is 2.06. The van der Waals surface area contributed by atoms with E-state index in [1.165, 1.54) is 43.5 Å². The molecular weight excluding hydrogens is 313 g/mol. The molecule has 0 aliphatic heterocycles. The number of hydrogen-bond donors (Lipinski definition) is 0. The average molecular weight is 326 g/mol. The van der Waals surface area contributed by atoms with Crippen LogP contribution in [-0.2, 0) is 11.3 Å². The molecule has 0 aliphatic carbocycles. The van der Waals surface area contributed by atoms with Gasteiger partial charge in [0.15, 0.2) is 11.5 Å². The molecule has 0 saturated carbocycles. The van der Waals surface area contributed by atoms with Gasteiger partial charge in [0.1, 0.15) is 12.4 Å². The van der Waals surface area contributed by atoms with E-state index in [9.17, 15) is 18.0 Å². The number of rotatable bonds is 6. The number of benzene rings is 2. The molecule has 0 radical (unpaired) electrons. The van der Waals surface area contributed by atoms with Crippen molar-refractivity contribution >= 4 is 5.97 Å². The van der Waals surface area contributed by atoms with E-state index in [2.05, 4.69) is 4.74 Å². The molecule has 0 unspecified atom stereocenters. The van der Waals surface area contributed by atoms with Crippen molar-refractivity contribution in [2.24, 2.45) is 0 Å². The topological polar surface area (TPSA) is 44.8 Å². The largest absolute Gasteiger partial charge is 0.493 e. The van der Waals surface area contributed by atoms with Gasteiger partial charge >= 0.3 is 12.6 Å². The van der Waals surface area contributed by atoms with Crippen LogP contribution in [0.25, 0.3) is 0 Å². The third kappa shape index (κ3) is 4.38. The van der Waals surface area contributed by atoms with E-state index < -0.39 is 18.4 Å². The van der Waals surface area contributed by atoms with Crippen molar-refractivity contribution in [2.45, 2.75) is 13.2 Å². The lowest BCUT2D eigenvalue weighted by Gasteiger charge is -2.11. The van der Waals surface area contributed by atoms with Gasteiger partial charge in [-0.05, 0) is 29.8 Å². The Bertz CT molecular complexity index is 689. The molecule has 0 amide bonds. The third-order valence-corrected chi connectivity index (χ3v) is 2.91. The summed E-state index contributed by atoms with van der Waals surface area (Å²) in [5.41, 5.74) is 0.297. The van der Waals surface area contributed by atoms with Crippen LogP contribution in [0.1, 0.15) is 15.9 Å². The number of alkyl halides is 2. The zero-order chi connectivity index (χ0) is 16.8. The summed E-state index contributed by atoms with van der Waals surface area (Å²) in [5.74, 6) is -1.57. The average Bonchev–Trinajstić information content (AvgIpc) is 2.53. The van der Waals surface area contributed by atoms with E-state index in [1.54, 1.807) is 0 Å². The first-order valence-corrected chi connectivity index (χ1v) is 6.54. The van der Waals surface area contributed by atoms with Gasteiger partial charge in [0.25, 0.3) is 0 Å². The minimum absolute atomic E-state index is 0.0738. The van der Waals surface area contributed by atoms with Crippen LogP contribution in [0.3, 0.4) is 0 Å². The molecule has 7 heteroatoms. The van der Waals surface area contributed by atoms with Gasteiger partial charge in [0, 0.05) is 0 Å². The molecule has 0 fully saturated rings. The zero-order valence-electron chi connectivity index (χ0n) is 12.1. The van der Waals surface area contributed by atoms with Gasteiger partial charge in [-0.1, -0.05) is 18.2 Å². The molecule has 0 bridgehead atoms. The maximum absolute atomic E-state index is 13.5. The van der Waals surface area contributed by atoms with Crippen LogP contribution < -0.4 is 9.47 Å². The Kier molecular flexibility index (Phi) is 5.46. The zero-order valence-corrected chi connectivity index (χ0v) is 12.1. The van der Waals surface area contributed by atoms with E-state index in [4.69, 9.17) is 9.47 Å². The Labute approximate surface area is 130 Å². The van der Waals surface area contributed by atoms with E-state index >= 15 is 0 Å². The minimum atomic E-state index is -2.98. The second kappa shape index (κ2) is 7.53. The second-order valence-electron chi connectivity index (χ2n) is 4.42. The number of methoxy groups -OCH3 is 1. The van der Waals surface area contributed by atoms with Crippen molar-refractivity contribution in [3.8, 4) is 11.5 Å². The predicted molar refractivity (Wildman–Crippen MR) is 75.1 cm³/mol. The quantitative estimate of drug-likeness (QED) is 0.758. The van der Waals surface area contributed by atoms with Crippen molar-refractivity contribution in [3.63, 3.8) is 0 Å². The minimum Gasteiger partial charge on any atom is -0.493 e. The summed E-state index contributed by atoms with van der Waals surface area (Å²) >= 11 is 0. The third-order valence-electron chi connectivity index (χ3n) is 2.91. The van der Waals surface area contributed by atoms with Crippen LogP contribution in [-0.4, -0.2) is 19.7 Å². The Morgan fingerprint density at radius 3 is 2.52 bits per heavy atom. The summed E-state index contributed by atoms with van der Waals surface area (Å²) in [6.07, 6.45) is 0. The SMILES string of the molecule is COc1cc(COC(=O)c2ccccc2F)ccc1OC(F)F. The number of carbonyl (C=O) groups excluding carboxylic acids is 1. The lowest BCUT2D eigenvalue weighted by molar-refractivity contribution is -0.0512. The summed E-state index contributed by atoms with van der Waals surface area (Å²) < 4.78 is 52.1. The van der Waals surface area contributed by atoms with Crippen molar-refractivity contribution in [2.75, 3.05) is 7.11 Å². The summed E-state index contributed by atoms with van der Waals surface area (Å²) in [5, 5.41) is 0. The van der Waals surface area contributed by atoms with Gasteiger partial charge in [0.05, 0.1) is 12.7 Å². The highest BCUT2D eigenvalue weighted by Gasteiger charge is 2.14. The molecule has 2 rings (SSSR count). The second-order valence-corrected chi connectivity index (χ2v) is 4.42. The van der Waals surface area contributed by atoms with E-state index in [1.807, 2.05) is 0 Å². The van der Waals surface area contributed by atoms with Crippen molar-refractivity contribution in [1.29, 1.82) is 0 Å². The van der Waals surface area contributed by atoms with E-state index in [-0.39, 0.29) is 23.7 Å². The van der Waals surface area contributed by atoms with E-state index in [0.717, 1.165) is 6.07 Å². The van der Waals surface area contributed by atoms with Gasteiger partial charge in [0.2, 0.25) is 0 Å². The van der Waals surface area contributed by atoms with Gasteiger partial charge in [-0.3, -0.25) is 0 Å². The highest BCUT2D eigenvalue weighted by Crippen LogP contribution is 2.29. The summed E-state index contributed by atoms with van der Waals surface area (Å²) in [6, 6.07) is 9.53. The number of hydrogen-bond acceptors (Lipinski definition) is 4. The first-order valence-electron chi connectivity index (χ1n) is 6.54. The molecule has 0 aromatic heterocycles. The number of carbonyl (C=O) groups is 1. The lowest BCUT2D eigenvalue weighted by Crippen LogP contribution is -2.08. The molecule has 0 heterocycles. The summed E-state index contributed by atoms with van der Waals surface area (Å²) in [6.45, 7) is -3.15. The molecule has 122 valence electrons. The molecular formula is C16H13F3O4. The Morgan fingerprint density at radius 2 is 1.87 bits per heavy atom. The van der Waals surface area contributed by atoms with Gasteiger partial charge in [-0.25, -0.2) is 9.18 Å². The van der Waals surface area contributed by atoms with Crippen molar-refractivity contribution < 1.29 is 32.2 Å².